The first-order valence-electron chi connectivity index (χ1n) is 7.28. The van der Waals surface area contributed by atoms with Gasteiger partial charge < -0.3 is 5.32 Å². The molecule has 0 aliphatic heterocycles. The highest BCUT2D eigenvalue weighted by atomic mass is 79.9. The molecule has 2 aromatic rings. The molecule has 0 saturated heterocycles. The number of hydrogen-bond acceptors (Lipinski definition) is 2. The van der Waals surface area contributed by atoms with E-state index < -0.39 is 0 Å². The lowest BCUT2D eigenvalue weighted by Crippen LogP contribution is -2.21. The van der Waals surface area contributed by atoms with Crippen LogP contribution >= 0.6 is 27.3 Å². The van der Waals surface area contributed by atoms with Gasteiger partial charge in [0.2, 0.25) is 0 Å². The monoisotopic (exact) mass is 349 g/mol. The van der Waals surface area contributed by atoms with E-state index in [1.165, 1.54) is 33.7 Å². The van der Waals surface area contributed by atoms with E-state index in [9.17, 15) is 0 Å². The van der Waals surface area contributed by atoms with E-state index in [-0.39, 0.29) is 0 Å². The Bertz CT molecular complexity index is 601. The van der Waals surface area contributed by atoms with Crippen molar-refractivity contribution in [1.82, 2.24) is 5.32 Å². The van der Waals surface area contributed by atoms with Crippen LogP contribution in [-0.2, 0) is 0 Å². The zero-order chi connectivity index (χ0) is 14.1. The van der Waals surface area contributed by atoms with Crippen LogP contribution < -0.4 is 5.32 Å². The van der Waals surface area contributed by atoms with Gasteiger partial charge in [0.15, 0.2) is 0 Å². The Balaban J connectivity index is 1.90. The molecule has 106 valence electrons. The van der Waals surface area contributed by atoms with E-state index in [0.717, 1.165) is 16.9 Å². The summed E-state index contributed by atoms with van der Waals surface area (Å²) in [4.78, 5) is 2.87. The smallest absolute Gasteiger partial charge is 0.0443 e. The fourth-order valence-electron chi connectivity index (χ4n) is 2.67. The summed E-state index contributed by atoms with van der Waals surface area (Å²) in [6, 6.07) is 11.7. The average molecular weight is 350 g/mol. The number of nitrogens with one attached hydrogen (secondary N) is 1. The quantitative estimate of drug-likeness (QED) is 0.746. The van der Waals surface area contributed by atoms with Gasteiger partial charge in [-0.1, -0.05) is 28.9 Å². The van der Waals surface area contributed by atoms with E-state index in [1.54, 1.807) is 0 Å². The maximum atomic E-state index is 3.65. The highest BCUT2D eigenvalue weighted by Gasteiger charge is 2.32. The SMILES string of the molecule is CCNC(c1ccc(-c2cc(Br)ccc2C)s1)C1CC1. The second kappa shape index (κ2) is 6.00. The first-order chi connectivity index (χ1) is 9.69. The molecule has 0 spiro atoms. The standard InChI is InChI=1S/C17H20BrNS/c1-3-19-17(12-5-6-12)16-9-8-15(20-16)14-10-13(18)7-4-11(14)2/h4,7-10,12,17,19H,3,5-6H2,1-2H3. The molecular weight excluding hydrogens is 330 g/mol. The van der Waals surface area contributed by atoms with Gasteiger partial charge in [-0.05, 0) is 67.6 Å². The van der Waals surface area contributed by atoms with Crippen LogP contribution in [0.3, 0.4) is 0 Å². The third-order valence-corrected chi connectivity index (χ3v) is 5.61. The van der Waals surface area contributed by atoms with Crippen LogP contribution in [0.1, 0.15) is 36.2 Å². The molecule has 0 bridgehead atoms. The molecule has 3 heteroatoms. The van der Waals surface area contributed by atoms with Gasteiger partial charge in [-0.25, -0.2) is 0 Å². The maximum Gasteiger partial charge on any atom is 0.0443 e. The summed E-state index contributed by atoms with van der Waals surface area (Å²) in [5, 5.41) is 3.65. The zero-order valence-corrected chi connectivity index (χ0v) is 14.4. The van der Waals surface area contributed by atoms with Gasteiger partial charge in [0.25, 0.3) is 0 Å². The lowest BCUT2D eigenvalue weighted by molar-refractivity contribution is 0.504. The fraction of sp³-hybridized carbons (Fsp3) is 0.412. The van der Waals surface area contributed by atoms with Crippen molar-refractivity contribution in [2.24, 2.45) is 5.92 Å². The minimum Gasteiger partial charge on any atom is -0.309 e. The molecule has 1 fully saturated rings. The summed E-state index contributed by atoms with van der Waals surface area (Å²) in [6.45, 7) is 5.43. The first kappa shape index (κ1) is 14.3. The second-order valence-corrected chi connectivity index (χ2v) is 7.57. The maximum absolute atomic E-state index is 3.65. The normalized spacial score (nSPS) is 16.4. The second-order valence-electron chi connectivity index (χ2n) is 5.53. The number of benzene rings is 1. The van der Waals surface area contributed by atoms with Gasteiger partial charge >= 0.3 is 0 Å². The van der Waals surface area contributed by atoms with E-state index in [2.05, 4.69) is 65.4 Å². The third-order valence-electron chi connectivity index (χ3n) is 3.92. The Labute approximate surface area is 133 Å². The van der Waals surface area contributed by atoms with Crippen LogP contribution in [0.25, 0.3) is 10.4 Å². The van der Waals surface area contributed by atoms with Crippen molar-refractivity contribution in [2.45, 2.75) is 32.7 Å². The number of rotatable bonds is 5. The van der Waals surface area contributed by atoms with Gasteiger partial charge in [0.1, 0.15) is 0 Å². The Morgan fingerprint density at radius 1 is 1.30 bits per heavy atom. The highest BCUT2D eigenvalue weighted by molar-refractivity contribution is 9.10. The predicted octanol–water partition coefficient (Wildman–Crippen LogP) is 5.55. The molecule has 1 saturated carbocycles. The van der Waals surface area contributed by atoms with Gasteiger partial charge in [-0.3, -0.25) is 0 Å². The van der Waals surface area contributed by atoms with E-state index in [4.69, 9.17) is 0 Å². The average Bonchev–Trinajstić information content (AvgIpc) is 3.16. The van der Waals surface area contributed by atoms with Crippen molar-refractivity contribution in [3.05, 3.63) is 45.2 Å². The van der Waals surface area contributed by atoms with Gasteiger partial charge in [0.05, 0.1) is 0 Å². The minimum atomic E-state index is 0.561. The molecule has 0 amide bonds. The zero-order valence-electron chi connectivity index (χ0n) is 11.9. The summed E-state index contributed by atoms with van der Waals surface area (Å²) < 4.78 is 1.15. The van der Waals surface area contributed by atoms with Crippen LogP contribution in [0.4, 0.5) is 0 Å². The lowest BCUT2D eigenvalue weighted by Gasteiger charge is -2.15. The molecule has 1 N–H and O–H groups in total. The Morgan fingerprint density at radius 3 is 2.80 bits per heavy atom. The third kappa shape index (κ3) is 3.00. The minimum absolute atomic E-state index is 0.561. The van der Waals surface area contributed by atoms with Crippen LogP contribution in [0.5, 0.6) is 0 Å². The number of aryl methyl sites for hydroxylation is 1. The summed E-state index contributed by atoms with van der Waals surface area (Å²) in [7, 11) is 0. The Kier molecular flexibility index (Phi) is 4.29. The molecule has 1 aromatic carbocycles. The molecule has 0 radical (unpaired) electrons. The first-order valence-corrected chi connectivity index (χ1v) is 8.89. The van der Waals surface area contributed by atoms with Crippen LogP contribution in [0.15, 0.2) is 34.8 Å². The molecule has 20 heavy (non-hydrogen) atoms. The summed E-state index contributed by atoms with van der Waals surface area (Å²) in [5.74, 6) is 0.852. The summed E-state index contributed by atoms with van der Waals surface area (Å²) in [6.07, 6.45) is 2.75. The van der Waals surface area contributed by atoms with Crippen molar-refractivity contribution in [1.29, 1.82) is 0 Å². The van der Waals surface area contributed by atoms with E-state index in [0.29, 0.717) is 6.04 Å². The van der Waals surface area contributed by atoms with Crippen molar-refractivity contribution in [2.75, 3.05) is 6.54 Å². The topological polar surface area (TPSA) is 12.0 Å². The highest BCUT2D eigenvalue weighted by Crippen LogP contribution is 2.44. The largest absolute Gasteiger partial charge is 0.309 e. The number of thiophene rings is 1. The number of hydrogen-bond donors (Lipinski definition) is 1. The molecule has 1 heterocycles. The predicted molar refractivity (Wildman–Crippen MR) is 91.3 cm³/mol. The van der Waals surface area contributed by atoms with Crippen LogP contribution in [0.2, 0.25) is 0 Å². The number of halogens is 1. The van der Waals surface area contributed by atoms with Gasteiger partial charge in [-0.15, -0.1) is 11.3 Å². The molecule has 1 aliphatic rings. The summed E-state index contributed by atoms with van der Waals surface area (Å²) >= 11 is 5.52. The van der Waals surface area contributed by atoms with Gasteiger partial charge in [0, 0.05) is 20.3 Å². The Hall–Kier alpha value is -0.640. The van der Waals surface area contributed by atoms with Gasteiger partial charge in [-0.2, -0.15) is 0 Å². The lowest BCUT2D eigenvalue weighted by atomic mass is 10.1. The molecule has 1 nitrogen and oxygen atoms in total. The van der Waals surface area contributed by atoms with Crippen molar-refractivity contribution in [3.63, 3.8) is 0 Å². The van der Waals surface area contributed by atoms with Crippen LogP contribution in [0, 0.1) is 12.8 Å². The van der Waals surface area contributed by atoms with Crippen molar-refractivity contribution in [3.8, 4) is 10.4 Å². The molecule has 1 unspecified atom stereocenters. The molecule has 3 rings (SSSR count). The summed E-state index contributed by atoms with van der Waals surface area (Å²) in [5.41, 5.74) is 2.69. The van der Waals surface area contributed by atoms with Crippen molar-refractivity contribution >= 4 is 27.3 Å². The molecular formula is C17H20BrNS. The Morgan fingerprint density at radius 2 is 2.10 bits per heavy atom. The molecule has 1 atom stereocenters. The molecule has 1 aliphatic carbocycles. The van der Waals surface area contributed by atoms with Crippen LogP contribution in [-0.4, -0.2) is 6.54 Å². The fourth-order valence-corrected chi connectivity index (χ4v) is 4.29. The van der Waals surface area contributed by atoms with Crippen molar-refractivity contribution < 1.29 is 0 Å². The van der Waals surface area contributed by atoms with E-state index in [1.807, 2.05) is 11.3 Å². The molecule has 1 aromatic heterocycles. The van der Waals surface area contributed by atoms with E-state index >= 15 is 0 Å².